The predicted octanol–water partition coefficient (Wildman–Crippen LogP) is 2.96. The highest BCUT2D eigenvalue weighted by Crippen LogP contribution is 2.27. The number of ketones is 1. The molecule has 1 atom stereocenters. The van der Waals surface area contributed by atoms with Crippen molar-refractivity contribution < 1.29 is 14.3 Å². The number of hydrogen-bond donors (Lipinski definition) is 0. The Morgan fingerprint density at radius 3 is 3.00 bits per heavy atom. The Morgan fingerprint density at radius 1 is 1.53 bits per heavy atom. The normalized spacial score (nSPS) is 20.0. The lowest BCUT2D eigenvalue weighted by atomic mass is 9.93. The van der Waals surface area contributed by atoms with Gasteiger partial charge < -0.3 is 9.47 Å². The molecule has 92 valence electrons. The first kappa shape index (κ1) is 12.4. The number of carbonyl (C=O) groups excluding carboxylic acids is 1. The van der Waals surface area contributed by atoms with Crippen molar-refractivity contribution in [3.05, 3.63) is 28.8 Å². The minimum Gasteiger partial charge on any atom is -0.495 e. The molecule has 1 saturated heterocycles. The lowest BCUT2D eigenvalue weighted by Crippen LogP contribution is -2.25. The molecule has 2 rings (SSSR count). The van der Waals surface area contributed by atoms with Gasteiger partial charge >= 0.3 is 0 Å². The van der Waals surface area contributed by atoms with E-state index in [1.165, 1.54) is 0 Å². The summed E-state index contributed by atoms with van der Waals surface area (Å²) < 4.78 is 10.4. The van der Waals surface area contributed by atoms with E-state index in [4.69, 9.17) is 21.1 Å². The highest BCUT2D eigenvalue weighted by molar-refractivity contribution is 6.32. The molecule has 0 spiro atoms. The summed E-state index contributed by atoms with van der Waals surface area (Å²) in [6.07, 6.45) is 1.84. The molecule has 1 aliphatic heterocycles. The lowest BCUT2D eigenvalue weighted by molar-refractivity contribution is 0.0461. The van der Waals surface area contributed by atoms with E-state index in [0.29, 0.717) is 22.9 Å². The highest BCUT2D eigenvalue weighted by Gasteiger charge is 2.23. The molecule has 1 aromatic carbocycles. The number of benzene rings is 1. The van der Waals surface area contributed by atoms with Gasteiger partial charge in [0.15, 0.2) is 5.78 Å². The van der Waals surface area contributed by atoms with Crippen LogP contribution in [0.15, 0.2) is 18.2 Å². The van der Waals surface area contributed by atoms with Crippen LogP contribution in [-0.2, 0) is 4.74 Å². The first-order valence-corrected chi connectivity index (χ1v) is 6.05. The number of carbonyl (C=O) groups is 1. The summed E-state index contributed by atoms with van der Waals surface area (Å²) in [5, 5.41) is 0.518. The summed E-state index contributed by atoms with van der Waals surface area (Å²) in [6.45, 7) is 1.28. The standard InChI is InChI=1S/C13H15ClO3/c1-16-12-7-9(4-5-11(12)14)13(15)10-3-2-6-17-8-10/h4-5,7,10H,2-3,6,8H2,1H3. The second kappa shape index (κ2) is 5.52. The monoisotopic (exact) mass is 254 g/mol. The Labute approximate surface area is 106 Å². The number of methoxy groups -OCH3 is 1. The van der Waals surface area contributed by atoms with Gasteiger partial charge in [-0.2, -0.15) is 0 Å². The maximum atomic E-state index is 12.2. The van der Waals surface area contributed by atoms with Crippen molar-refractivity contribution in [2.24, 2.45) is 5.92 Å². The van der Waals surface area contributed by atoms with E-state index in [9.17, 15) is 4.79 Å². The molecule has 1 aromatic rings. The van der Waals surface area contributed by atoms with Crippen LogP contribution in [0.3, 0.4) is 0 Å². The van der Waals surface area contributed by atoms with Gasteiger partial charge in [-0.1, -0.05) is 11.6 Å². The molecular weight excluding hydrogens is 240 g/mol. The molecule has 0 bridgehead atoms. The molecule has 3 nitrogen and oxygen atoms in total. The minimum absolute atomic E-state index is 0.0327. The van der Waals surface area contributed by atoms with Crippen LogP contribution in [0.2, 0.25) is 5.02 Å². The highest BCUT2D eigenvalue weighted by atomic mass is 35.5. The second-order valence-electron chi connectivity index (χ2n) is 4.13. The van der Waals surface area contributed by atoms with E-state index >= 15 is 0 Å². The van der Waals surface area contributed by atoms with Crippen LogP contribution in [0.5, 0.6) is 5.75 Å². The first-order valence-electron chi connectivity index (χ1n) is 5.68. The Morgan fingerprint density at radius 2 is 2.35 bits per heavy atom. The molecule has 1 fully saturated rings. The smallest absolute Gasteiger partial charge is 0.168 e. The molecule has 0 aliphatic carbocycles. The zero-order valence-electron chi connectivity index (χ0n) is 9.74. The topological polar surface area (TPSA) is 35.5 Å². The van der Waals surface area contributed by atoms with Crippen molar-refractivity contribution in [3.8, 4) is 5.75 Å². The van der Waals surface area contributed by atoms with Gasteiger partial charge in [0.25, 0.3) is 0 Å². The Kier molecular flexibility index (Phi) is 4.02. The van der Waals surface area contributed by atoms with Gasteiger partial charge in [-0.05, 0) is 31.0 Å². The van der Waals surface area contributed by atoms with Crippen molar-refractivity contribution in [2.75, 3.05) is 20.3 Å². The maximum Gasteiger partial charge on any atom is 0.168 e. The molecule has 0 saturated carbocycles. The molecule has 0 N–H and O–H groups in total. The van der Waals surface area contributed by atoms with E-state index in [0.717, 1.165) is 19.4 Å². The molecule has 1 heterocycles. The van der Waals surface area contributed by atoms with Crippen LogP contribution >= 0.6 is 11.6 Å². The summed E-state index contributed by atoms with van der Waals surface area (Å²) >= 11 is 5.93. The zero-order valence-corrected chi connectivity index (χ0v) is 10.5. The van der Waals surface area contributed by atoms with Crippen LogP contribution in [0.25, 0.3) is 0 Å². The van der Waals surface area contributed by atoms with Crippen LogP contribution < -0.4 is 4.74 Å². The zero-order chi connectivity index (χ0) is 12.3. The van der Waals surface area contributed by atoms with Gasteiger partial charge in [-0.25, -0.2) is 0 Å². The average Bonchev–Trinajstić information content (AvgIpc) is 2.39. The van der Waals surface area contributed by atoms with Crippen molar-refractivity contribution in [3.63, 3.8) is 0 Å². The predicted molar refractivity (Wildman–Crippen MR) is 65.9 cm³/mol. The number of Topliss-reactive ketones (excluding diaryl/α,β-unsaturated/α-hetero) is 1. The molecule has 17 heavy (non-hydrogen) atoms. The summed E-state index contributed by atoms with van der Waals surface area (Å²) in [7, 11) is 1.54. The van der Waals surface area contributed by atoms with Crippen molar-refractivity contribution >= 4 is 17.4 Å². The van der Waals surface area contributed by atoms with Crippen molar-refractivity contribution in [2.45, 2.75) is 12.8 Å². The van der Waals surface area contributed by atoms with Gasteiger partial charge in [0.05, 0.1) is 18.7 Å². The third kappa shape index (κ3) is 2.79. The average molecular weight is 255 g/mol. The summed E-state index contributed by atoms with van der Waals surface area (Å²) in [5.74, 6) is 0.614. The quantitative estimate of drug-likeness (QED) is 0.778. The van der Waals surface area contributed by atoms with Crippen molar-refractivity contribution in [1.29, 1.82) is 0 Å². The van der Waals surface area contributed by atoms with Crippen LogP contribution in [-0.4, -0.2) is 26.1 Å². The Balaban J connectivity index is 2.18. The SMILES string of the molecule is COc1cc(C(=O)C2CCCOC2)ccc1Cl. The van der Waals surface area contributed by atoms with E-state index < -0.39 is 0 Å². The number of hydrogen-bond acceptors (Lipinski definition) is 3. The minimum atomic E-state index is -0.0327. The number of rotatable bonds is 3. The van der Waals surface area contributed by atoms with Gasteiger partial charge in [0.2, 0.25) is 0 Å². The van der Waals surface area contributed by atoms with Crippen LogP contribution in [0.4, 0.5) is 0 Å². The summed E-state index contributed by atoms with van der Waals surface area (Å²) in [5.41, 5.74) is 0.641. The van der Waals surface area contributed by atoms with Gasteiger partial charge in [-0.3, -0.25) is 4.79 Å². The van der Waals surface area contributed by atoms with E-state index in [1.807, 2.05) is 0 Å². The molecule has 1 unspecified atom stereocenters. The number of halogens is 1. The Bertz CT molecular complexity index is 411. The molecule has 0 amide bonds. The third-order valence-corrected chi connectivity index (χ3v) is 3.28. The molecule has 4 heteroatoms. The van der Waals surface area contributed by atoms with E-state index in [-0.39, 0.29) is 11.7 Å². The van der Waals surface area contributed by atoms with E-state index in [2.05, 4.69) is 0 Å². The summed E-state index contributed by atoms with van der Waals surface area (Å²) in [6, 6.07) is 5.12. The molecule has 0 aromatic heterocycles. The third-order valence-electron chi connectivity index (χ3n) is 2.97. The molecular formula is C13H15ClO3. The van der Waals surface area contributed by atoms with Gasteiger partial charge in [0, 0.05) is 18.1 Å². The largest absolute Gasteiger partial charge is 0.495 e. The first-order chi connectivity index (χ1) is 8.22. The lowest BCUT2D eigenvalue weighted by Gasteiger charge is -2.21. The fraction of sp³-hybridized carbons (Fsp3) is 0.462. The van der Waals surface area contributed by atoms with E-state index in [1.54, 1.807) is 25.3 Å². The van der Waals surface area contributed by atoms with Crippen molar-refractivity contribution in [1.82, 2.24) is 0 Å². The van der Waals surface area contributed by atoms with Gasteiger partial charge in [0.1, 0.15) is 5.75 Å². The fourth-order valence-electron chi connectivity index (χ4n) is 2.00. The van der Waals surface area contributed by atoms with Crippen LogP contribution in [0, 0.1) is 5.92 Å². The Hall–Kier alpha value is -1.06. The molecule has 0 radical (unpaired) electrons. The fourth-order valence-corrected chi connectivity index (χ4v) is 2.19. The summed E-state index contributed by atoms with van der Waals surface area (Å²) in [4.78, 5) is 12.2. The second-order valence-corrected chi connectivity index (χ2v) is 4.53. The number of ether oxygens (including phenoxy) is 2. The molecule has 1 aliphatic rings. The van der Waals surface area contributed by atoms with Crippen LogP contribution in [0.1, 0.15) is 23.2 Å². The maximum absolute atomic E-state index is 12.2. The van der Waals surface area contributed by atoms with Gasteiger partial charge in [-0.15, -0.1) is 0 Å².